The molecule has 0 amide bonds. The van der Waals surface area contributed by atoms with Gasteiger partial charge in [0.05, 0.1) is 13.7 Å². The lowest BCUT2D eigenvalue weighted by molar-refractivity contribution is 0.308. The van der Waals surface area contributed by atoms with Crippen molar-refractivity contribution < 1.29 is 9.47 Å². The van der Waals surface area contributed by atoms with Gasteiger partial charge in [0, 0.05) is 4.90 Å². The molecule has 2 rings (SSSR count). The van der Waals surface area contributed by atoms with E-state index in [9.17, 15) is 0 Å². The van der Waals surface area contributed by atoms with Gasteiger partial charge in [-0.15, -0.1) is 0 Å². The highest BCUT2D eigenvalue weighted by atomic mass is 32.2. The second kappa shape index (κ2) is 6.24. The normalized spacial score (nSPS) is 10.2. The molecule has 0 unspecified atom stereocenters. The van der Waals surface area contributed by atoms with Crippen LogP contribution in [0.5, 0.6) is 11.8 Å². The Kier molecular flexibility index (Phi) is 4.40. The van der Waals surface area contributed by atoms with Gasteiger partial charge in [-0.1, -0.05) is 0 Å². The van der Waals surface area contributed by atoms with Crippen molar-refractivity contribution >= 4 is 17.7 Å². The van der Waals surface area contributed by atoms with Crippen molar-refractivity contribution in [1.29, 1.82) is 0 Å². The van der Waals surface area contributed by atoms with Gasteiger partial charge < -0.3 is 15.2 Å². The third-order valence-electron chi connectivity index (χ3n) is 2.15. The molecule has 0 atom stereocenters. The molecule has 1 heterocycles. The van der Waals surface area contributed by atoms with Crippen molar-refractivity contribution in [2.75, 3.05) is 19.5 Å². The topological polar surface area (TPSA) is 83.2 Å². The molecule has 1 aromatic carbocycles. The zero-order valence-electron chi connectivity index (χ0n) is 10.7. The largest absolute Gasteiger partial charge is 0.497 e. The van der Waals surface area contributed by atoms with Crippen molar-refractivity contribution in [3.8, 4) is 11.8 Å². The standard InChI is InChI=1S/C12H14N4O2S/c1-3-18-11-14-10(13)15-12(16-11)19-9-6-4-8(17-2)5-7-9/h4-7H,3H2,1-2H3,(H2,13,14,15,16). The van der Waals surface area contributed by atoms with Crippen LogP contribution in [0.2, 0.25) is 0 Å². The maximum atomic E-state index is 5.61. The smallest absolute Gasteiger partial charge is 0.322 e. The molecular weight excluding hydrogens is 264 g/mol. The average Bonchev–Trinajstić information content (AvgIpc) is 2.39. The lowest BCUT2D eigenvalue weighted by Gasteiger charge is -2.05. The third kappa shape index (κ3) is 3.72. The monoisotopic (exact) mass is 278 g/mol. The quantitative estimate of drug-likeness (QED) is 0.895. The number of nitrogen functional groups attached to an aromatic ring is 1. The van der Waals surface area contributed by atoms with Crippen LogP contribution in [0.15, 0.2) is 34.3 Å². The van der Waals surface area contributed by atoms with Gasteiger partial charge in [-0.05, 0) is 43.0 Å². The van der Waals surface area contributed by atoms with Gasteiger partial charge in [-0.2, -0.15) is 15.0 Å². The van der Waals surface area contributed by atoms with E-state index in [0.717, 1.165) is 10.6 Å². The summed E-state index contributed by atoms with van der Waals surface area (Å²) in [6.45, 7) is 2.34. The van der Waals surface area contributed by atoms with Gasteiger partial charge in [-0.25, -0.2) is 0 Å². The summed E-state index contributed by atoms with van der Waals surface area (Å²) in [6, 6.07) is 7.83. The summed E-state index contributed by atoms with van der Waals surface area (Å²) in [5, 5.41) is 0.501. The van der Waals surface area contributed by atoms with Gasteiger partial charge in [-0.3, -0.25) is 0 Å². The van der Waals surface area contributed by atoms with Crippen LogP contribution in [0.25, 0.3) is 0 Å². The number of hydrogen-bond acceptors (Lipinski definition) is 7. The summed E-state index contributed by atoms with van der Waals surface area (Å²) in [5.41, 5.74) is 5.61. The predicted molar refractivity (Wildman–Crippen MR) is 72.5 cm³/mol. The zero-order valence-corrected chi connectivity index (χ0v) is 11.5. The van der Waals surface area contributed by atoms with Crippen molar-refractivity contribution in [3.63, 3.8) is 0 Å². The molecule has 2 aromatic rings. The Bertz CT molecular complexity index is 548. The molecule has 0 saturated heterocycles. The Morgan fingerprint density at radius 3 is 2.53 bits per heavy atom. The maximum absolute atomic E-state index is 5.61. The Morgan fingerprint density at radius 1 is 1.16 bits per heavy atom. The molecule has 0 aliphatic carbocycles. The predicted octanol–water partition coefficient (Wildman–Crippen LogP) is 2.01. The van der Waals surface area contributed by atoms with E-state index in [1.807, 2.05) is 31.2 Å². The first kappa shape index (κ1) is 13.4. The fourth-order valence-corrected chi connectivity index (χ4v) is 2.09. The highest BCUT2D eigenvalue weighted by Gasteiger charge is 2.07. The van der Waals surface area contributed by atoms with E-state index in [1.165, 1.54) is 11.8 Å². The molecule has 7 heteroatoms. The third-order valence-corrected chi connectivity index (χ3v) is 3.03. The molecule has 0 aliphatic rings. The van der Waals surface area contributed by atoms with Gasteiger partial charge >= 0.3 is 6.01 Å². The minimum atomic E-state index is 0.148. The van der Waals surface area contributed by atoms with Crippen LogP contribution in [-0.4, -0.2) is 28.7 Å². The van der Waals surface area contributed by atoms with E-state index < -0.39 is 0 Å². The van der Waals surface area contributed by atoms with Gasteiger partial charge in [0.1, 0.15) is 5.75 Å². The number of hydrogen-bond donors (Lipinski definition) is 1. The van der Waals surface area contributed by atoms with E-state index in [-0.39, 0.29) is 12.0 Å². The van der Waals surface area contributed by atoms with Crippen LogP contribution in [0.3, 0.4) is 0 Å². The number of methoxy groups -OCH3 is 1. The van der Waals surface area contributed by atoms with E-state index in [4.69, 9.17) is 15.2 Å². The van der Waals surface area contributed by atoms with Crippen molar-refractivity contribution in [2.45, 2.75) is 17.0 Å². The summed E-state index contributed by atoms with van der Waals surface area (Å²) < 4.78 is 10.3. The first-order chi connectivity index (χ1) is 9.21. The van der Waals surface area contributed by atoms with Crippen LogP contribution in [-0.2, 0) is 0 Å². The Hall–Kier alpha value is -2.02. The van der Waals surface area contributed by atoms with Gasteiger partial charge in [0.2, 0.25) is 11.1 Å². The first-order valence-electron chi connectivity index (χ1n) is 5.67. The van der Waals surface area contributed by atoms with Crippen molar-refractivity contribution in [1.82, 2.24) is 15.0 Å². The van der Waals surface area contributed by atoms with Crippen LogP contribution in [0.1, 0.15) is 6.92 Å². The molecular formula is C12H14N4O2S. The van der Waals surface area contributed by atoms with Gasteiger partial charge in [0.25, 0.3) is 0 Å². The summed E-state index contributed by atoms with van der Waals surface area (Å²) in [6.07, 6.45) is 0. The molecule has 0 fully saturated rings. The first-order valence-corrected chi connectivity index (χ1v) is 6.49. The van der Waals surface area contributed by atoms with Crippen LogP contribution >= 0.6 is 11.8 Å². The van der Waals surface area contributed by atoms with Crippen LogP contribution in [0, 0.1) is 0 Å². The SMILES string of the molecule is CCOc1nc(N)nc(Sc2ccc(OC)cc2)n1. The summed E-state index contributed by atoms with van der Waals surface area (Å²) in [7, 11) is 1.63. The zero-order chi connectivity index (χ0) is 13.7. The Morgan fingerprint density at radius 2 is 1.89 bits per heavy atom. The van der Waals surface area contributed by atoms with E-state index >= 15 is 0 Å². The molecule has 6 nitrogen and oxygen atoms in total. The highest BCUT2D eigenvalue weighted by molar-refractivity contribution is 7.99. The molecule has 100 valence electrons. The highest BCUT2D eigenvalue weighted by Crippen LogP contribution is 2.27. The molecule has 0 radical (unpaired) electrons. The molecule has 2 N–H and O–H groups in total. The Labute approximate surface area is 115 Å². The number of anilines is 1. The lowest BCUT2D eigenvalue weighted by atomic mass is 10.3. The number of ether oxygens (including phenoxy) is 2. The molecule has 0 saturated carbocycles. The summed E-state index contributed by atoms with van der Waals surface area (Å²) >= 11 is 1.38. The van der Waals surface area contributed by atoms with E-state index in [2.05, 4.69) is 15.0 Å². The second-order valence-electron chi connectivity index (χ2n) is 3.47. The molecule has 19 heavy (non-hydrogen) atoms. The molecule has 0 aliphatic heterocycles. The fraction of sp³-hybridized carbons (Fsp3) is 0.250. The Balaban J connectivity index is 2.17. The number of benzene rings is 1. The number of nitrogens with two attached hydrogens (primary N) is 1. The average molecular weight is 278 g/mol. The minimum Gasteiger partial charge on any atom is -0.497 e. The van der Waals surface area contributed by atoms with Crippen molar-refractivity contribution in [2.24, 2.45) is 0 Å². The van der Waals surface area contributed by atoms with E-state index in [1.54, 1.807) is 7.11 Å². The van der Waals surface area contributed by atoms with Crippen molar-refractivity contribution in [3.05, 3.63) is 24.3 Å². The molecule has 1 aromatic heterocycles. The summed E-state index contributed by atoms with van der Waals surface area (Å²) in [5.74, 6) is 0.948. The minimum absolute atomic E-state index is 0.148. The number of rotatable bonds is 5. The van der Waals surface area contributed by atoms with Gasteiger partial charge in [0.15, 0.2) is 0 Å². The number of aromatic nitrogens is 3. The summed E-state index contributed by atoms with van der Waals surface area (Å²) in [4.78, 5) is 13.1. The maximum Gasteiger partial charge on any atom is 0.322 e. The number of nitrogens with zero attached hydrogens (tertiary/aromatic N) is 3. The second-order valence-corrected chi connectivity index (χ2v) is 4.51. The fourth-order valence-electron chi connectivity index (χ4n) is 1.34. The molecule has 0 bridgehead atoms. The van der Waals surface area contributed by atoms with E-state index in [0.29, 0.717) is 11.8 Å². The van der Waals surface area contributed by atoms with Crippen LogP contribution in [0.4, 0.5) is 5.95 Å². The lowest BCUT2D eigenvalue weighted by Crippen LogP contribution is -2.04. The molecule has 0 spiro atoms. The van der Waals surface area contributed by atoms with Crippen LogP contribution < -0.4 is 15.2 Å².